The summed E-state index contributed by atoms with van der Waals surface area (Å²) in [4.78, 5) is 24.8. The second-order valence-electron chi connectivity index (χ2n) is 9.33. The van der Waals surface area contributed by atoms with E-state index in [0.29, 0.717) is 6.42 Å². The summed E-state index contributed by atoms with van der Waals surface area (Å²) in [6, 6.07) is 4.24. The second-order valence-corrected chi connectivity index (χ2v) is 9.33. The van der Waals surface area contributed by atoms with Crippen LogP contribution in [0.3, 0.4) is 0 Å². The second kappa shape index (κ2) is 11.1. The molecule has 1 aliphatic heterocycles. The van der Waals surface area contributed by atoms with Gasteiger partial charge in [0.05, 0.1) is 5.92 Å². The number of hydrogen-bond donors (Lipinski definition) is 8. The van der Waals surface area contributed by atoms with E-state index in [9.17, 15) is 50.4 Å². The first kappa shape index (κ1) is 28.8. The molecule has 40 heavy (non-hydrogen) atoms. The van der Waals surface area contributed by atoms with Crippen LogP contribution in [-0.4, -0.2) is 84.1 Å². The molecule has 8 N–H and O–H groups in total. The number of carbonyl (C=O) groups is 1. The molecule has 1 saturated heterocycles. The van der Waals surface area contributed by atoms with Crippen LogP contribution in [0.5, 0.6) is 34.5 Å². The van der Waals surface area contributed by atoms with E-state index < -0.39 is 106 Å². The van der Waals surface area contributed by atoms with Crippen LogP contribution >= 0.6 is 0 Å². The third-order valence-corrected chi connectivity index (χ3v) is 6.63. The highest BCUT2D eigenvalue weighted by Gasteiger charge is 2.46. The van der Waals surface area contributed by atoms with E-state index in [-0.39, 0.29) is 5.56 Å². The zero-order valence-corrected chi connectivity index (χ0v) is 21.2. The number of benzene rings is 2. The van der Waals surface area contributed by atoms with Gasteiger partial charge in [-0.15, -0.1) is 0 Å². The minimum atomic E-state index is -1.88. The number of rotatable bonds is 7. The third-order valence-electron chi connectivity index (χ3n) is 6.63. The van der Waals surface area contributed by atoms with Crippen molar-refractivity contribution in [2.45, 2.75) is 51.0 Å². The molecule has 4 rings (SSSR count). The highest BCUT2D eigenvalue weighted by molar-refractivity contribution is 5.91. The smallest absolute Gasteiger partial charge is 0.308 e. The van der Waals surface area contributed by atoms with Gasteiger partial charge in [0.15, 0.2) is 28.8 Å². The topological polar surface area (TPSA) is 237 Å². The van der Waals surface area contributed by atoms with Crippen LogP contribution in [0.1, 0.15) is 20.3 Å². The summed E-state index contributed by atoms with van der Waals surface area (Å²) in [5.74, 6) is -6.16. The van der Waals surface area contributed by atoms with Crippen molar-refractivity contribution in [1.82, 2.24) is 0 Å². The molecule has 0 radical (unpaired) electrons. The van der Waals surface area contributed by atoms with Gasteiger partial charge in [0.1, 0.15) is 42.0 Å². The monoisotopic (exact) mass is 564 g/mol. The standard InChI is InChI=1S/C26H28O14/c1-3-9(2)25(36)37-8-15-18(30)21(33)23(35)26(40-15)39-14-7-13-16(19(31)17(14)29)20(32)22(34)24(38-13)10-4-5-11(27)12(28)6-10/h4-7,9,15,18,21,23,26-31,33-35H,3,8H2,1-2H3/t9?,15-,18-,21+,23-,26-/m1/s1. The fraction of sp³-hybridized carbons (Fsp3) is 0.385. The van der Waals surface area contributed by atoms with E-state index in [4.69, 9.17) is 18.6 Å². The highest BCUT2D eigenvalue weighted by Crippen LogP contribution is 2.44. The molecule has 0 saturated carbocycles. The molecule has 216 valence electrons. The van der Waals surface area contributed by atoms with Gasteiger partial charge in [0.25, 0.3) is 0 Å². The first-order valence-corrected chi connectivity index (χ1v) is 12.2. The molecule has 1 aromatic heterocycles. The lowest BCUT2D eigenvalue weighted by Gasteiger charge is -2.40. The average molecular weight is 564 g/mol. The maximum atomic E-state index is 12.8. The zero-order valence-electron chi connectivity index (χ0n) is 21.2. The number of phenolic OH excluding ortho intramolecular Hbond substituents is 4. The van der Waals surface area contributed by atoms with Crippen molar-refractivity contribution in [3.8, 4) is 45.8 Å². The van der Waals surface area contributed by atoms with Crippen molar-refractivity contribution in [3.63, 3.8) is 0 Å². The molecule has 0 aliphatic carbocycles. The number of aliphatic hydroxyl groups excluding tert-OH is 3. The molecule has 0 amide bonds. The Kier molecular flexibility index (Phi) is 7.98. The van der Waals surface area contributed by atoms with Gasteiger partial charge in [0.2, 0.25) is 23.2 Å². The molecule has 1 unspecified atom stereocenters. The van der Waals surface area contributed by atoms with Crippen molar-refractivity contribution in [2.24, 2.45) is 5.92 Å². The Hall–Kier alpha value is -4.24. The van der Waals surface area contributed by atoms with Crippen LogP contribution in [0.2, 0.25) is 0 Å². The summed E-state index contributed by atoms with van der Waals surface area (Å²) in [7, 11) is 0. The van der Waals surface area contributed by atoms with Gasteiger partial charge in [-0.2, -0.15) is 0 Å². The number of phenols is 4. The summed E-state index contributed by atoms with van der Waals surface area (Å²) in [5.41, 5.74) is -1.60. The van der Waals surface area contributed by atoms with E-state index in [0.717, 1.165) is 18.2 Å². The van der Waals surface area contributed by atoms with Gasteiger partial charge in [-0.25, -0.2) is 0 Å². The number of hydrogen-bond acceptors (Lipinski definition) is 14. The third kappa shape index (κ3) is 5.16. The van der Waals surface area contributed by atoms with Crippen LogP contribution in [0.15, 0.2) is 33.5 Å². The average Bonchev–Trinajstić information content (AvgIpc) is 2.93. The predicted molar refractivity (Wildman–Crippen MR) is 134 cm³/mol. The molecule has 2 heterocycles. The van der Waals surface area contributed by atoms with Crippen molar-refractivity contribution in [3.05, 3.63) is 34.5 Å². The Balaban J connectivity index is 1.69. The van der Waals surface area contributed by atoms with E-state index in [1.54, 1.807) is 13.8 Å². The summed E-state index contributed by atoms with van der Waals surface area (Å²) in [6.07, 6.45) is -8.01. The first-order chi connectivity index (χ1) is 18.8. The molecule has 14 heteroatoms. The minimum Gasteiger partial charge on any atom is -0.504 e. The molecule has 1 fully saturated rings. The van der Waals surface area contributed by atoms with Crippen LogP contribution in [0.4, 0.5) is 0 Å². The van der Waals surface area contributed by atoms with Gasteiger partial charge in [-0.1, -0.05) is 13.8 Å². The predicted octanol–water partition coefficient (Wildman–Crippen LogP) is 0.764. The van der Waals surface area contributed by atoms with E-state index in [1.807, 2.05) is 0 Å². The summed E-state index contributed by atoms with van der Waals surface area (Å²) in [6.45, 7) is 2.90. The van der Waals surface area contributed by atoms with E-state index in [1.165, 1.54) is 6.07 Å². The minimum absolute atomic E-state index is 0.0280. The van der Waals surface area contributed by atoms with Crippen molar-refractivity contribution in [1.29, 1.82) is 0 Å². The summed E-state index contributed by atoms with van der Waals surface area (Å²) in [5, 5.41) is 81.2. The molecular formula is C26H28O14. The molecule has 1 aliphatic rings. The first-order valence-electron chi connectivity index (χ1n) is 12.2. The highest BCUT2D eigenvalue weighted by atomic mass is 16.7. The molecule has 14 nitrogen and oxygen atoms in total. The zero-order chi connectivity index (χ0) is 29.5. The van der Waals surface area contributed by atoms with Crippen LogP contribution in [0.25, 0.3) is 22.3 Å². The van der Waals surface area contributed by atoms with Gasteiger partial charge < -0.3 is 59.5 Å². The molecule has 0 spiro atoms. The van der Waals surface area contributed by atoms with Gasteiger partial charge in [0, 0.05) is 11.6 Å². The summed E-state index contributed by atoms with van der Waals surface area (Å²) >= 11 is 0. The Morgan fingerprint density at radius 2 is 1.65 bits per heavy atom. The lowest BCUT2D eigenvalue weighted by atomic mass is 9.99. The number of carbonyl (C=O) groups excluding carboxylic acids is 1. The lowest BCUT2D eigenvalue weighted by Crippen LogP contribution is -2.60. The maximum Gasteiger partial charge on any atom is 0.308 e. The Morgan fingerprint density at radius 1 is 0.950 bits per heavy atom. The molecule has 6 atom stereocenters. The fourth-order valence-corrected chi connectivity index (χ4v) is 3.99. The maximum absolute atomic E-state index is 12.8. The largest absolute Gasteiger partial charge is 0.504 e. The van der Waals surface area contributed by atoms with Crippen molar-refractivity contribution >= 4 is 16.9 Å². The molecule has 2 aromatic carbocycles. The summed E-state index contributed by atoms with van der Waals surface area (Å²) < 4.78 is 21.6. The van der Waals surface area contributed by atoms with E-state index >= 15 is 0 Å². The van der Waals surface area contributed by atoms with Crippen molar-refractivity contribution in [2.75, 3.05) is 6.61 Å². The van der Waals surface area contributed by atoms with Crippen LogP contribution in [-0.2, 0) is 14.3 Å². The van der Waals surface area contributed by atoms with E-state index in [2.05, 4.69) is 0 Å². The van der Waals surface area contributed by atoms with Gasteiger partial charge >= 0.3 is 5.97 Å². The van der Waals surface area contributed by atoms with Gasteiger partial charge in [-0.3, -0.25) is 9.59 Å². The van der Waals surface area contributed by atoms with Crippen molar-refractivity contribution < 1.29 is 64.3 Å². The Bertz CT molecular complexity index is 1480. The number of fused-ring (bicyclic) bond motifs is 1. The Morgan fingerprint density at radius 3 is 2.30 bits per heavy atom. The number of esters is 1. The molecule has 0 bridgehead atoms. The fourth-order valence-electron chi connectivity index (χ4n) is 3.99. The molecule has 3 aromatic rings. The van der Waals surface area contributed by atoms with Crippen LogP contribution in [0, 0.1) is 5.92 Å². The normalized spacial score (nSPS) is 23.6. The number of ether oxygens (including phenoxy) is 3. The lowest BCUT2D eigenvalue weighted by molar-refractivity contribution is -0.279. The Labute approximate surface area is 225 Å². The van der Waals surface area contributed by atoms with Gasteiger partial charge in [-0.05, 0) is 24.6 Å². The van der Waals surface area contributed by atoms with Crippen LogP contribution < -0.4 is 10.2 Å². The molecular weight excluding hydrogens is 536 g/mol. The number of aromatic hydroxyl groups is 5. The number of aliphatic hydroxyl groups is 3. The SMILES string of the molecule is CCC(C)C(=O)OC[C@H]1O[C@@H](Oc2cc3oc(-c4ccc(O)c(O)c4)c(O)c(=O)c3c(O)c2O)[C@H](O)[C@@H](O)[C@@H]1O. The quantitative estimate of drug-likeness (QED) is 0.146.